The van der Waals surface area contributed by atoms with Gasteiger partial charge < -0.3 is 16.0 Å². The number of nitrogens with two attached hydrogens (primary N) is 1. The number of carbonyl (C=O) groups excluding carboxylic acids is 2. The third-order valence-electron chi connectivity index (χ3n) is 4.05. The van der Waals surface area contributed by atoms with Gasteiger partial charge in [0.05, 0.1) is 37.5 Å². The second-order valence-corrected chi connectivity index (χ2v) is 8.00. The molecule has 0 saturated carbocycles. The number of fused-ring (bicyclic) bond motifs is 1. The summed E-state index contributed by atoms with van der Waals surface area (Å²) < 4.78 is 0. The monoisotopic (exact) mass is 470 g/mol. The first-order valence-corrected chi connectivity index (χ1v) is 9.67. The van der Waals surface area contributed by atoms with Crippen molar-refractivity contribution in [1.29, 1.82) is 0 Å². The number of hydrogen-bond acceptors (Lipinski definition) is 4. The van der Waals surface area contributed by atoms with Gasteiger partial charge >= 0.3 is 0 Å². The van der Waals surface area contributed by atoms with Gasteiger partial charge in [0.15, 0.2) is 0 Å². The maximum absolute atomic E-state index is 12.4. The normalized spacial score (nSPS) is 10.8. The average molecular weight is 472 g/mol. The van der Waals surface area contributed by atoms with Gasteiger partial charge in [-0.1, -0.05) is 46.4 Å². The zero-order valence-corrected chi connectivity index (χ0v) is 18.2. The van der Waals surface area contributed by atoms with Gasteiger partial charge in [-0.25, -0.2) is 4.98 Å². The number of pyridine rings is 1. The van der Waals surface area contributed by atoms with Crippen LogP contribution >= 0.6 is 46.4 Å². The van der Waals surface area contributed by atoms with Crippen LogP contribution in [0.1, 0.15) is 20.8 Å². The Morgan fingerprint density at radius 2 is 1.62 bits per heavy atom. The van der Waals surface area contributed by atoms with Gasteiger partial charge in [-0.2, -0.15) is 0 Å². The largest absolute Gasteiger partial charge is 0.364 e. The lowest BCUT2D eigenvalue weighted by atomic mass is 10.1. The molecule has 0 atom stereocenters. The molecule has 3 aromatic rings. The molecule has 1 heterocycles. The van der Waals surface area contributed by atoms with Crippen LogP contribution in [0, 0.1) is 0 Å². The molecule has 6 nitrogen and oxygen atoms in total. The predicted octanol–water partition coefficient (Wildman–Crippen LogP) is 5.39. The Balaban J connectivity index is 2.21. The zero-order valence-electron chi connectivity index (χ0n) is 15.2. The minimum absolute atomic E-state index is 0.00102. The summed E-state index contributed by atoms with van der Waals surface area (Å²) in [6.07, 6.45) is 0. The summed E-state index contributed by atoms with van der Waals surface area (Å²) in [5, 5.41) is 4.75. The lowest BCUT2D eigenvalue weighted by Crippen LogP contribution is -2.22. The van der Waals surface area contributed by atoms with Gasteiger partial charge in [-0.3, -0.25) is 9.59 Å². The molecule has 0 aliphatic carbocycles. The SMILES string of the molecule is CN(C)C(=O)c1cc(Nc2cc(C(N)=O)nc3c(Cl)cc(Cl)cc23)c(Cl)cc1Cl. The smallest absolute Gasteiger partial charge is 0.267 e. The van der Waals surface area contributed by atoms with Crippen LogP contribution < -0.4 is 11.1 Å². The predicted molar refractivity (Wildman–Crippen MR) is 118 cm³/mol. The number of hydrogen-bond donors (Lipinski definition) is 2. The first-order valence-electron chi connectivity index (χ1n) is 8.15. The van der Waals surface area contributed by atoms with E-state index in [1.807, 2.05) is 0 Å². The van der Waals surface area contributed by atoms with Crippen LogP contribution in [0.25, 0.3) is 10.9 Å². The van der Waals surface area contributed by atoms with Crippen LogP contribution in [-0.2, 0) is 0 Å². The Morgan fingerprint density at radius 3 is 2.24 bits per heavy atom. The number of nitrogens with one attached hydrogen (secondary N) is 1. The average Bonchev–Trinajstić information content (AvgIpc) is 2.63. The fourth-order valence-electron chi connectivity index (χ4n) is 2.68. The maximum Gasteiger partial charge on any atom is 0.267 e. The highest BCUT2D eigenvalue weighted by molar-refractivity contribution is 6.39. The Kier molecular flexibility index (Phi) is 6.10. The van der Waals surface area contributed by atoms with Gasteiger partial charge in [0.2, 0.25) is 0 Å². The molecule has 150 valence electrons. The van der Waals surface area contributed by atoms with Crippen molar-refractivity contribution in [3.8, 4) is 0 Å². The fraction of sp³-hybridized carbons (Fsp3) is 0.105. The first-order chi connectivity index (χ1) is 13.6. The third-order valence-corrected chi connectivity index (χ3v) is 5.18. The number of aromatic nitrogens is 1. The van der Waals surface area contributed by atoms with E-state index in [4.69, 9.17) is 52.1 Å². The van der Waals surface area contributed by atoms with Crippen molar-refractivity contribution in [2.75, 3.05) is 19.4 Å². The molecule has 0 aliphatic rings. The Morgan fingerprint density at radius 1 is 0.931 bits per heavy atom. The van der Waals surface area contributed by atoms with Crippen LogP contribution in [0.5, 0.6) is 0 Å². The quantitative estimate of drug-likeness (QED) is 0.533. The highest BCUT2D eigenvalue weighted by atomic mass is 35.5. The van der Waals surface area contributed by atoms with Crippen LogP contribution in [0.3, 0.4) is 0 Å². The minimum atomic E-state index is -0.730. The molecule has 0 bridgehead atoms. The molecule has 0 saturated heterocycles. The third kappa shape index (κ3) is 4.36. The number of benzene rings is 2. The maximum atomic E-state index is 12.4. The summed E-state index contributed by atoms with van der Waals surface area (Å²) in [6.45, 7) is 0. The van der Waals surface area contributed by atoms with Crippen molar-refractivity contribution in [2.45, 2.75) is 0 Å². The van der Waals surface area contributed by atoms with Crippen LogP contribution in [0.4, 0.5) is 11.4 Å². The van der Waals surface area contributed by atoms with E-state index < -0.39 is 5.91 Å². The minimum Gasteiger partial charge on any atom is -0.364 e. The van der Waals surface area contributed by atoms with E-state index in [0.717, 1.165) is 0 Å². The van der Waals surface area contributed by atoms with E-state index in [1.165, 1.54) is 29.2 Å². The molecular weight excluding hydrogens is 458 g/mol. The van der Waals surface area contributed by atoms with Crippen molar-refractivity contribution in [3.63, 3.8) is 0 Å². The van der Waals surface area contributed by atoms with Gasteiger partial charge in [-0.15, -0.1) is 0 Å². The fourth-order valence-corrected chi connectivity index (χ4v) is 3.72. The van der Waals surface area contributed by atoms with Crippen LogP contribution in [-0.4, -0.2) is 35.8 Å². The molecule has 0 unspecified atom stereocenters. The number of amides is 2. The molecule has 0 radical (unpaired) electrons. The van der Waals surface area contributed by atoms with E-state index in [0.29, 0.717) is 27.3 Å². The summed E-state index contributed by atoms with van der Waals surface area (Å²) in [5.41, 5.74) is 6.82. The second-order valence-electron chi connectivity index (χ2n) is 6.34. The number of carbonyl (C=O) groups is 2. The molecule has 3 N–H and O–H groups in total. The molecular formula is C19H14Cl4N4O2. The molecule has 1 aromatic heterocycles. The summed E-state index contributed by atoms with van der Waals surface area (Å²) in [6, 6.07) is 7.58. The van der Waals surface area contributed by atoms with Gasteiger partial charge in [0.1, 0.15) is 5.69 Å². The van der Waals surface area contributed by atoms with Crippen molar-refractivity contribution in [3.05, 3.63) is 61.7 Å². The molecule has 0 spiro atoms. The standard InChI is InChI=1S/C19H14Cl4N4O2/c1-27(2)19(29)9-5-15(12(22)6-11(9)21)25-14-7-16(18(24)28)26-17-10(14)3-8(20)4-13(17)23/h3-7H,1-2H3,(H2,24,28)(H,25,26). The molecule has 0 aliphatic heterocycles. The van der Waals surface area contributed by atoms with Crippen LogP contribution in [0.2, 0.25) is 20.1 Å². The highest BCUT2D eigenvalue weighted by Gasteiger charge is 2.18. The second kappa shape index (κ2) is 8.24. The summed E-state index contributed by atoms with van der Waals surface area (Å²) in [5.74, 6) is -1.02. The molecule has 29 heavy (non-hydrogen) atoms. The molecule has 0 fully saturated rings. The van der Waals surface area contributed by atoms with E-state index in [9.17, 15) is 9.59 Å². The Bertz CT molecular complexity index is 1160. The van der Waals surface area contributed by atoms with E-state index in [1.54, 1.807) is 20.2 Å². The van der Waals surface area contributed by atoms with Crippen molar-refractivity contribution in [1.82, 2.24) is 9.88 Å². The zero-order chi connectivity index (χ0) is 21.5. The topological polar surface area (TPSA) is 88.3 Å². The summed E-state index contributed by atoms with van der Waals surface area (Å²) >= 11 is 24.9. The molecule has 10 heteroatoms. The number of halogens is 4. The van der Waals surface area contributed by atoms with Gasteiger partial charge in [0, 0.05) is 24.5 Å². The van der Waals surface area contributed by atoms with Crippen molar-refractivity contribution in [2.24, 2.45) is 5.73 Å². The van der Waals surface area contributed by atoms with Gasteiger partial charge in [-0.05, 0) is 30.3 Å². The van der Waals surface area contributed by atoms with E-state index in [-0.39, 0.29) is 32.2 Å². The number of rotatable bonds is 4. The molecule has 2 aromatic carbocycles. The van der Waals surface area contributed by atoms with Crippen molar-refractivity contribution < 1.29 is 9.59 Å². The van der Waals surface area contributed by atoms with E-state index in [2.05, 4.69) is 10.3 Å². The number of anilines is 2. The summed E-state index contributed by atoms with van der Waals surface area (Å²) in [4.78, 5) is 29.7. The van der Waals surface area contributed by atoms with Gasteiger partial charge in [0.25, 0.3) is 11.8 Å². The van der Waals surface area contributed by atoms with E-state index >= 15 is 0 Å². The van der Waals surface area contributed by atoms with Crippen LogP contribution in [0.15, 0.2) is 30.3 Å². The molecule has 3 rings (SSSR count). The van der Waals surface area contributed by atoms with Crippen molar-refractivity contribution >= 4 is 80.5 Å². The number of nitrogens with zero attached hydrogens (tertiary/aromatic N) is 2. The first kappa shape index (κ1) is 21.5. The number of primary amides is 1. The lowest BCUT2D eigenvalue weighted by molar-refractivity contribution is 0.0827. The highest BCUT2D eigenvalue weighted by Crippen LogP contribution is 2.36. The Hall–Kier alpha value is -2.25. The summed E-state index contributed by atoms with van der Waals surface area (Å²) in [7, 11) is 3.22. The lowest BCUT2D eigenvalue weighted by Gasteiger charge is -2.16. The Labute approximate surface area is 186 Å². The molecule has 2 amide bonds.